The number of aliphatic imine (C=N–C) groups is 1. The number of nitrogens with zero attached hydrogens (tertiary/aromatic N) is 2. The van der Waals surface area contributed by atoms with Crippen LogP contribution < -0.4 is 4.72 Å². The second-order valence-electron chi connectivity index (χ2n) is 7.25. The van der Waals surface area contributed by atoms with E-state index in [-0.39, 0.29) is 11.7 Å². The monoisotopic (exact) mass is 413 g/mol. The summed E-state index contributed by atoms with van der Waals surface area (Å²) in [6.45, 7) is 17.0. The zero-order valence-electron chi connectivity index (χ0n) is 18.7. The fraction of sp³-hybridized carbons (Fsp3) is 0.591. The fourth-order valence-corrected chi connectivity index (χ4v) is 4.00. The van der Waals surface area contributed by atoms with Gasteiger partial charge >= 0.3 is 0 Å². The quantitative estimate of drug-likeness (QED) is 0.165. The van der Waals surface area contributed by atoms with E-state index in [1.54, 1.807) is 6.08 Å². The summed E-state index contributed by atoms with van der Waals surface area (Å²) in [5.74, 6) is -0.595. The van der Waals surface area contributed by atoms with Crippen molar-refractivity contribution in [3.63, 3.8) is 0 Å². The molecule has 0 aliphatic heterocycles. The lowest BCUT2D eigenvalue weighted by Gasteiger charge is -2.32. The predicted octanol–water partition coefficient (Wildman–Crippen LogP) is 5.57. The molecule has 1 N–H and O–H groups in total. The van der Waals surface area contributed by atoms with Gasteiger partial charge in [-0.3, -0.25) is 9.62 Å². The molecule has 28 heavy (non-hydrogen) atoms. The van der Waals surface area contributed by atoms with E-state index in [2.05, 4.69) is 55.2 Å². The Morgan fingerprint density at radius 2 is 1.96 bits per heavy atom. The number of nitrogens with one attached hydrogen (secondary N) is 1. The number of rotatable bonds is 15. The topological polar surface area (TPSA) is 36.9 Å². The highest BCUT2D eigenvalue weighted by Gasteiger charge is 2.19. The van der Waals surface area contributed by atoms with Crippen LogP contribution in [0.2, 0.25) is 0 Å². The summed E-state index contributed by atoms with van der Waals surface area (Å²) in [6.07, 6.45) is 11.3. The summed E-state index contributed by atoms with van der Waals surface area (Å²) < 4.78 is 22.8. The molecule has 162 valence electrons. The molecule has 0 bridgehead atoms. The first-order valence-corrected chi connectivity index (χ1v) is 12.2. The summed E-state index contributed by atoms with van der Waals surface area (Å²) in [6, 6.07) is 0.240. The molecule has 0 saturated carbocycles. The molecule has 6 heteroatoms. The number of hydrogen-bond donors (Lipinski definition) is 1. The number of ether oxygens (including phenoxy) is 1. The first-order chi connectivity index (χ1) is 13.1. The van der Waals surface area contributed by atoms with Crippen LogP contribution in [0.5, 0.6) is 0 Å². The Bertz CT molecular complexity index is 584. The van der Waals surface area contributed by atoms with Crippen molar-refractivity contribution in [1.29, 1.82) is 0 Å². The number of allylic oxidation sites excluding steroid dienone is 2. The molecule has 0 aliphatic rings. The summed E-state index contributed by atoms with van der Waals surface area (Å²) in [5, 5.41) is 0. The standard InChI is InChI=1S/C22H40FN3OS/c1-10-13-14-18(4)15-26(7)20(11-2)16-27-17-25-22(19(5)23)21(12-3)28(8,9)24-6/h12,17,20,24H,3-5,10-11,13-16H2,1-2,6-9H3/b22-21-,25-17+. The minimum atomic E-state index is -1.42. The molecule has 0 aromatic heterocycles. The maximum Gasteiger partial charge on any atom is 0.174 e. The van der Waals surface area contributed by atoms with Gasteiger partial charge in [0.15, 0.2) is 6.40 Å². The van der Waals surface area contributed by atoms with Crippen LogP contribution in [0.15, 0.2) is 52.8 Å². The number of halogens is 1. The van der Waals surface area contributed by atoms with Crippen molar-refractivity contribution >= 4 is 16.6 Å². The number of unbranched alkanes of at least 4 members (excludes halogenated alkanes) is 1. The molecule has 0 aromatic carbocycles. The highest BCUT2D eigenvalue weighted by Crippen LogP contribution is 2.47. The summed E-state index contributed by atoms with van der Waals surface area (Å²) in [4.78, 5) is 7.16. The zero-order valence-corrected chi connectivity index (χ0v) is 19.5. The molecule has 0 amide bonds. The molecule has 0 aromatic rings. The molecule has 0 fully saturated rings. The summed E-state index contributed by atoms with van der Waals surface area (Å²) in [5.41, 5.74) is 1.42. The molecule has 0 radical (unpaired) electrons. The van der Waals surface area contributed by atoms with Gasteiger partial charge in [0.05, 0.1) is 0 Å². The van der Waals surface area contributed by atoms with Gasteiger partial charge in [-0.15, -0.1) is 0 Å². The van der Waals surface area contributed by atoms with Crippen LogP contribution in [0.4, 0.5) is 4.39 Å². The molecule has 0 rings (SSSR count). The van der Waals surface area contributed by atoms with Gasteiger partial charge in [-0.05, 0) is 45.9 Å². The van der Waals surface area contributed by atoms with Crippen molar-refractivity contribution in [1.82, 2.24) is 9.62 Å². The van der Waals surface area contributed by atoms with E-state index in [4.69, 9.17) is 4.74 Å². The van der Waals surface area contributed by atoms with E-state index in [1.165, 1.54) is 24.8 Å². The second-order valence-corrected chi connectivity index (χ2v) is 10.8. The Labute approximate surface area is 173 Å². The van der Waals surface area contributed by atoms with Crippen molar-refractivity contribution in [2.75, 3.05) is 39.8 Å². The van der Waals surface area contributed by atoms with Crippen molar-refractivity contribution in [3.05, 3.63) is 47.8 Å². The Balaban J connectivity index is 5.03. The zero-order chi connectivity index (χ0) is 21.7. The molecule has 1 atom stereocenters. The molecule has 0 aliphatic carbocycles. The van der Waals surface area contributed by atoms with Gasteiger partial charge in [-0.1, -0.05) is 51.7 Å². The molecular formula is C22H40FN3OS. The van der Waals surface area contributed by atoms with E-state index in [1.807, 2.05) is 19.6 Å². The lowest BCUT2D eigenvalue weighted by Crippen LogP contribution is -2.36. The molecule has 0 spiro atoms. The van der Waals surface area contributed by atoms with Gasteiger partial charge in [-0.2, -0.15) is 10.2 Å². The smallest absolute Gasteiger partial charge is 0.174 e. The van der Waals surface area contributed by atoms with E-state index >= 15 is 0 Å². The summed E-state index contributed by atoms with van der Waals surface area (Å²) in [7, 11) is 2.50. The third-order valence-corrected chi connectivity index (χ3v) is 7.21. The van der Waals surface area contributed by atoms with Crippen LogP contribution in [0.25, 0.3) is 0 Å². The van der Waals surface area contributed by atoms with Gasteiger partial charge in [-0.25, -0.2) is 9.38 Å². The first-order valence-electron chi connectivity index (χ1n) is 9.78. The Morgan fingerprint density at radius 1 is 1.32 bits per heavy atom. The van der Waals surface area contributed by atoms with Gasteiger partial charge < -0.3 is 4.74 Å². The lowest BCUT2D eigenvalue weighted by atomic mass is 10.1. The number of likely N-dealkylation sites (N-methyl/N-ethyl adjacent to an activating group) is 1. The van der Waals surface area contributed by atoms with Crippen molar-refractivity contribution in [3.8, 4) is 0 Å². The second kappa shape index (κ2) is 13.7. The summed E-state index contributed by atoms with van der Waals surface area (Å²) >= 11 is 0. The van der Waals surface area contributed by atoms with Crippen molar-refractivity contribution < 1.29 is 9.13 Å². The predicted molar refractivity (Wildman–Crippen MR) is 126 cm³/mol. The van der Waals surface area contributed by atoms with E-state index in [9.17, 15) is 4.39 Å². The van der Waals surface area contributed by atoms with Crippen molar-refractivity contribution in [2.45, 2.75) is 45.6 Å². The van der Waals surface area contributed by atoms with Gasteiger partial charge in [0.1, 0.15) is 18.1 Å². The minimum Gasteiger partial charge on any atom is -0.481 e. The van der Waals surface area contributed by atoms with Crippen LogP contribution in [-0.2, 0) is 4.74 Å². The van der Waals surface area contributed by atoms with E-state index < -0.39 is 16.0 Å². The molecule has 0 heterocycles. The highest BCUT2D eigenvalue weighted by atomic mass is 32.3. The minimum absolute atomic E-state index is 0.179. The van der Waals surface area contributed by atoms with Crippen LogP contribution in [0.3, 0.4) is 0 Å². The average Bonchev–Trinajstić information content (AvgIpc) is 2.64. The fourth-order valence-electron chi connectivity index (χ4n) is 2.71. The van der Waals surface area contributed by atoms with Crippen LogP contribution >= 0.6 is 10.2 Å². The van der Waals surface area contributed by atoms with E-state index in [0.29, 0.717) is 11.5 Å². The SMILES string of the molecule is C=C/C(=C(/N=C/OCC(CC)N(C)CC(=C)CCCC)C(=C)F)S(C)(C)NC. The normalized spacial score (nSPS) is 14.7. The molecule has 1 unspecified atom stereocenters. The van der Waals surface area contributed by atoms with Crippen LogP contribution in [-0.4, -0.2) is 57.1 Å². The third-order valence-electron chi connectivity index (χ3n) is 4.73. The average molecular weight is 414 g/mol. The maximum atomic E-state index is 14.0. The lowest BCUT2D eigenvalue weighted by molar-refractivity contribution is 0.163. The molecular weight excluding hydrogens is 373 g/mol. The Morgan fingerprint density at radius 3 is 2.43 bits per heavy atom. The molecule has 4 nitrogen and oxygen atoms in total. The largest absolute Gasteiger partial charge is 0.481 e. The number of hydrogen-bond acceptors (Lipinski definition) is 4. The first kappa shape index (κ1) is 26.6. The van der Waals surface area contributed by atoms with Crippen LogP contribution in [0.1, 0.15) is 39.5 Å². The van der Waals surface area contributed by atoms with Crippen LogP contribution in [0, 0.1) is 0 Å². The van der Waals surface area contributed by atoms with Gasteiger partial charge in [0, 0.05) is 17.5 Å². The highest BCUT2D eigenvalue weighted by molar-refractivity contribution is 8.34. The van der Waals surface area contributed by atoms with E-state index in [0.717, 1.165) is 19.4 Å². The van der Waals surface area contributed by atoms with Gasteiger partial charge in [0.2, 0.25) is 0 Å². The Kier molecular flexibility index (Phi) is 13.1. The maximum absolute atomic E-state index is 14.0. The third kappa shape index (κ3) is 9.22. The molecule has 0 saturated heterocycles. The Hall–Kier alpha value is -1.37. The van der Waals surface area contributed by atoms with Gasteiger partial charge in [0.25, 0.3) is 0 Å². The van der Waals surface area contributed by atoms with Crippen molar-refractivity contribution in [2.24, 2.45) is 4.99 Å².